The molecule has 0 aliphatic rings. The zero-order valence-electron chi connectivity index (χ0n) is 8.51. The Balaban J connectivity index is 2.89. The molecule has 15 heavy (non-hydrogen) atoms. The lowest BCUT2D eigenvalue weighted by Crippen LogP contribution is -2.09. The number of thioether (sulfide) groups is 1. The average molecular weight is 246 g/mol. The van der Waals surface area contributed by atoms with Crippen molar-refractivity contribution in [3.05, 3.63) is 24.3 Å². The topological polar surface area (TPSA) is 54.4 Å². The standard InChI is InChI=1S/C10H14O3S2/c1-2-14-9-3-5-10(6-4-9)15(12,13)8-7-11/h3-6,11H,2,7-8H2,1H3. The van der Waals surface area contributed by atoms with Crippen LogP contribution < -0.4 is 0 Å². The maximum absolute atomic E-state index is 11.5. The van der Waals surface area contributed by atoms with E-state index in [9.17, 15) is 8.42 Å². The number of hydrogen-bond acceptors (Lipinski definition) is 4. The lowest BCUT2D eigenvalue weighted by Gasteiger charge is -2.03. The molecule has 0 fully saturated rings. The summed E-state index contributed by atoms with van der Waals surface area (Å²) in [5, 5.41) is 8.62. The predicted octanol–water partition coefficient (Wildman–Crippen LogP) is 1.56. The monoisotopic (exact) mass is 246 g/mol. The van der Waals surface area contributed by atoms with Gasteiger partial charge >= 0.3 is 0 Å². The molecular formula is C10H14O3S2. The van der Waals surface area contributed by atoms with E-state index in [0.717, 1.165) is 10.6 Å². The Hall–Kier alpha value is -0.520. The second-order valence-corrected chi connectivity index (χ2v) is 6.39. The molecule has 0 aliphatic carbocycles. The van der Waals surface area contributed by atoms with Crippen molar-refractivity contribution in [3.63, 3.8) is 0 Å². The van der Waals surface area contributed by atoms with E-state index in [1.54, 1.807) is 36.0 Å². The fourth-order valence-corrected chi connectivity index (χ4v) is 2.84. The van der Waals surface area contributed by atoms with Crippen molar-refractivity contribution in [2.75, 3.05) is 18.1 Å². The summed E-state index contributed by atoms with van der Waals surface area (Å²) < 4.78 is 23.1. The predicted molar refractivity (Wildman–Crippen MR) is 62.0 cm³/mol. The smallest absolute Gasteiger partial charge is 0.180 e. The van der Waals surface area contributed by atoms with Crippen LogP contribution in [0.2, 0.25) is 0 Å². The number of benzene rings is 1. The summed E-state index contributed by atoms with van der Waals surface area (Å²) in [4.78, 5) is 1.33. The molecule has 1 aromatic carbocycles. The Bertz CT molecular complexity index is 395. The first kappa shape index (κ1) is 12.5. The van der Waals surface area contributed by atoms with Crippen molar-refractivity contribution < 1.29 is 13.5 Å². The summed E-state index contributed by atoms with van der Waals surface area (Å²) in [6.07, 6.45) is 0. The molecule has 5 heteroatoms. The second kappa shape index (κ2) is 5.53. The van der Waals surface area contributed by atoms with Crippen LogP contribution in [0.3, 0.4) is 0 Å². The van der Waals surface area contributed by atoms with Gasteiger partial charge < -0.3 is 5.11 Å². The molecule has 0 unspecified atom stereocenters. The molecule has 3 nitrogen and oxygen atoms in total. The van der Waals surface area contributed by atoms with Crippen molar-refractivity contribution in [2.45, 2.75) is 16.7 Å². The van der Waals surface area contributed by atoms with Crippen molar-refractivity contribution in [3.8, 4) is 0 Å². The highest BCUT2D eigenvalue weighted by atomic mass is 32.2. The highest BCUT2D eigenvalue weighted by molar-refractivity contribution is 7.99. The van der Waals surface area contributed by atoms with Gasteiger partial charge in [0, 0.05) is 4.90 Å². The van der Waals surface area contributed by atoms with Gasteiger partial charge in [-0.25, -0.2) is 8.42 Å². The van der Waals surface area contributed by atoms with Gasteiger partial charge in [-0.15, -0.1) is 11.8 Å². The molecule has 1 rings (SSSR count). The molecule has 0 spiro atoms. The molecule has 0 bridgehead atoms. The van der Waals surface area contributed by atoms with Crippen molar-refractivity contribution in [2.24, 2.45) is 0 Å². The molecule has 1 N–H and O–H groups in total. The van der Waals surface area contributed by atoms with Gasteiger partial charge in [0.25, 0.3) is 0 Å². The van der Waals surface area contributed by atoms with Crippen LogP contribution in [0.5, 0.6) is 0 Å². The number of aliphatic hydroxyl groups is 1. The number of hydrogen-bond donors (Lipinski definition) is 1. The van der Waals surface area contributed by atoms with Crippen LogP contribution in [-0.4, -0.2) is 31.6 Å². The van der Waals surface area contributed by atoms with Crippen molar-refractivity contribution in [1.82, 2.24) is 0 Å². The second-order valence-electron chi connectivity index (χ2n) is 2.95. The van der Waals surface area contributed by atoms with Gasteiger partial charge in [0.2, 0.25) is 0 Å². The Morgan fingerprint density at radius 3 is 2.33 bits per heavy atom. The van der Waals surface area contributed by atoms with E-state index in [0.29, 0.717) is 0 Å². The highest BCUT2D eigenvalue weighted by Crippen LogP contribution is 2.20. The summed E-state index contributed by atoms with van der Waals surface area (Å²) in [7, 11) is -3.30. The van der Waals surface area contributed by atoms with E-state index in [1.807, 2.05) is 6.92 Å². The minimum absolute atomic E-state index is 0.215. The van der Waals surface area contributed by atoms with Crippen LogP contribution in [0.15, 0.2) is 34.1 Å². The van der Waals surface area contributed by atoms with Crippen molar-refractivity contribution in [1.29, 1.82) is 0 Å². The van der Waals surface area contributed by atoms with Gasteiger partial charge in [0.15, 0.2) is 9.84 Å². The molecule has 0 aromatic heterocycles. The first-order valence-corrected chi connectivity index (χ1v) is 7.30. The molecule has 1 aromatic rings. The lowest BCUT2D eigenvalue weighted by molar-refractivity contribution is 0.319. The molecule has 0 heterocycles. The Morgan fingerprint density at radius 2 is 1.87 bits per heavy atom. The fourth-order valence-electron chi connectivity index (χ4n) is 1.15. The van der Waals surface area contributed by atoms with Gasteiger partial charge in [-0.2, -0.15) is 0 Å². The molecule has 0 saturated heterocycles. The summed E-state index contributed by atoms with van der Waals surface area (Å²) in [5.74, 6) is 0.746. The number of aliphatic hydroxyl groups excluding tert-OH is 1. The quantitative estimate of drug-likeness (QED) is 0.801. The molecule has 0 aliphatic heterocycles. The minimum Gasteiger partial charge on any atom is -0.395 e. The third kappa shape index (κ3) is 3.52. The maximum Gasteiger partial charge on any atom is 0.180 e. The average Bonchev–Trinajstić information content (AvgIpc) is 2.19. The van der Waals surface area contributed by atoms with E-state index < -0.39 is 9.84 Å². The van der Waals surface area contributed by atoms with Crippen LogP contribution >= 0.6 is 11.8 Å². The number of sulfone groups is 1. The molecular weight excluding hydrogens is 232 g/mol. The van der Waals surface area contributed by atoms with Gasteiger partial charge in [-0.3, -0.25) is 0 Å². The van der Waals surface area contributed by atoms with E-state index >= 15 is 0 Å². The third-order valence-electron chi connectivity index (χ3n) is 1.85. The molecule has 0 radical (unpaired) electrons. The van der Waals surface area contributed by atoms with Gasteiger partial charge in [-0.1, -0.05) is 6.92 Å². The zero-order valence-corrected chi connectivity index (χ0v) is 10.1. The molecule has 84 valence electrons. The molecule has 0 amide bonds. The lowest BCUT2D eigenvalue weighted by atomic mass is 10.4. The van der Waals surface area contributed by atoms with Crippen LogP contribution in [0.1, 0.15) is 6.92 Å². The minimum atomic E-state index is -3.30. The van der Waals surface area contributed by atoms with Crippen LogP contribution in [0, 0.1) is 0 Å². The Kier molecular flexibility index (Phi) is 4.63. The number of rotatable bonds is 5. The first-order valence-electron chi connectivity index (χ1n) is 4.66. The zero-order chi connectivity index (χ0) is 11.3. The largest absolute Gasteiger partial charge is 0.395 e. The normalized spacial score (nSPS) is 11.6. The Labute approximate surface area is 94.4 Å². The van der Waals surface area contributed by atoms with Gasteiger partial charge in [-0.05, 0) is 30.0 Å². The molecule has 0 saturated carbocycles. The van der Waals surface area contributed by atoms with Gasteiger partial charge in [0.1, 0.15) is 0 Å². The molecule has 0 atom stereocenters. The highest BCUT2D eigenvalue weighted by Gasteiger charge is 2.12. The van der Waals surface area contributed by atoms with Crippen LogP contribution in [-0.2, 0) is 9.84 Å². The SMILES string of the molecule is CCSc1ccc(S(=O)(=O)CCO)cc1. The summed E-state index contributed by atoms with van der Waals surface area (Å²) in [5.41, 5.74) is 0. The third-order valence-corrected chi connectivity index (χ3v) is 4.46. The summed E-state index contributed by atoms with van der Waals surface area (Å²) in [6, 6.07) is 6.75. The van der Waals surface area contributed by atoms with E-state index in [2.05, 4.69) is 0 Å². The van der Waals surface area contributed by atoms with E-state index in [-0.39, 0.29) is 17.3 Å². The first-order chi connectivity index (χ1) is 7.10. The van der Waals surface area contributed by atoms with E-state index in [4.69, 9.17) is 5.11 Å². The van der Waals surface area contributed by atoms with Crippen LogP contribution in [0.4, 0.5) is 0 Å². The van der Waals surface area contributed by atoms with Gasteiger partial charge in [0.05, 0.1) is 17.3 Å². The fraction of sp³-hybridized carbons (Fsp3) is 0.400. The van der Waals surface area contributed by atoms with E-state index in [1.165, 1.54) is 0 Å². The van der Waals surface area contributed by atoms with Crippen LogP contribution in [0.25, 0.3) is 0 Å². The Morgan fingerprint density at radius 1 is 1.27 bits per heavy atom. The maximum atomic E-state index is 11.5. The summed E-state index contributed by atoms with van der Waals surface area (Å²) in [6.45, 7) is 1.70. The van der Waals surface area contributed by atoms with Crippen molar-refractivity contribution >= 4 is 21.6 Å². The summed E-state index contributed by atoms with van der Waals surface area (Å²) >= 11 is 1.66.